The second kappa shape index (κ2) is 10.7. The van der Waals surface area contributed by atoms with E-state index in [1.165, 1.54) is 30.7 Å². The van der Waals surface area contributed by atoms with Gasteiger partial charge >= 0.3 is 0 Å². The minimum absolute atomic E-state index is 0.0713. The van der Waals surface area contributed by atoms with E-state index in [4.69, 9.17) is 11.6 Å². The van der Waals surface area contributed by atoms with Crippen molar-refractivity contribution in [3.05, 3.63) is 59.1 Å². The lowest BCUT2D eigenvalue weighted by molar-refractivity contribution is -0.116. The van der Waals surface area contributed by atoms with Crippen molar-refractivity contribution in [1.82, 2.24) is 10.0 Å². The smallest absolute Gasteiger partial charge is 0.253 e. The molecule has 3 rings (SSSR count). The summed E-state index contributed by atoms with van der Waals surface area (Å²) in [6, 6.07) is 12.7. The van der Waals surface area contributed by atoms with Crippen LogP contribution in [0, 0.1) is 0 Å². The van der Waals surface area contributed by atoms with Crippen LogP contribution in [0.3, 0.4) is 0 Å². The minimum Gasteiger partial charge on any atom is -0.349 e. The number of hydrogen-bond donors (Lipinski definition) is 3. The van der Waals surface area contributed by atoms with E-state index >= 15 is 0 Å². The standard InChI is InChI=1S/C22H26ClN3O4S/c23-16-10-12-18(13-11-16)31(29,30)24-15-14-21(27)26-20-9-5-4-8-19(20)22(28)25-17-6-2-1-3-7-17/h4-5,8-13,17,24H,1-3,6-7,14-15H2,(H,25,28)(H,26,27). The Balaban J connectivity index is 1.54. The Bertz CT molecular complexity index is 1020. The third-order valence-electron chi connectivity index (χ3n) is 5.15. The number of hydrogen-bond acceptors (Lipinski definition) is 4. The van der Waals surface area contributed by atoms with Gasteiger partial charge < -0.3 is 10.6 Å². The van der Waals surface area contributed by atoms with E-state index in [0.717, 1.165) is 25.7 Å². The van der Waals surface area contributed by atoms with Crippen LogP contribution in [0.2, 0.25) is 5.02 Å². The molecule has 0 bridgehead atoms. The van der Waals surface area contributed by atoms with Crippen LogP contribution in [0.25, 0.3) is 0 Å². The summed E-state index contributed by atoms with van der Waals surface area (Å²) in [6.45, 7) is -0.0762. The first-order chi connectivity index (χ1) is 14.8. The maximum atomic E-state index is 12.7. The van der Waals surface area contributed by atoms with Gasteiger partial charge in [-0.25, -0.2) is 13.1 Å². The first-order valence-corrected chi connectivity index (χ1v) is 12.2. The van der Waals surface area contributed by atoms with Crippen LogP contribution in [-0.4, -0.2) is 32.8 Å². The van der Waals surface area contributed by atoms with E-state index in [2.05, 4.69) is 15.4 Å². The average molecular weight is 464 g/mol. The van der Waals surface area contributed by atoms with Gasteiger partial charge in [0.25, 0.3) is 5.91 Å². The van der Waals surface area contributed by atoms with Gasteiger partial charge in [0.1, 0.15) is 0 Å². The molecule has 2 amide bonds. The number of sulfonamides is 1. The van der Waals surface area contributed by atoms with Crippen molar-refractivity contribution < 1.29 is 18.0 Å². The van der Waals surface area contributed by atoms with Crippen molar-refractivity contribution in [3.63, 3.8) is 0 Å². The molecule has 0 atom stereocenters. The lowest BCUT2D eigenvalue weighted by Crippen LogP contribution is -2.36. The molecule has 1 aliphatic carbocycles. The van der Waals surface area contributed by atoms with Gasteiger partial charge in [0.15, 0.2) is 0 Å². The molecule has 31 heavy (non-hydrogen) atoms. The van der Waals surface area contributed by atoms with Gasteiger partial charge in [0.05, 0.1) is 16.1 Å². The van der Waals surface area contributed by atoms with Gasteiger partial charge in [-0.15, -0.1) is 0 Å². The Labute approximate surface area is 187 Å². The molecule has 1 saturated carbocycles. The number of rotatable bonds is 8. The maximum Gasteiger partial charge on any atom is 0.253 e. The molecule has 166 valence electrons. The van der Waals surface area contributed by atoms with Crippen molar-refractivity contribution >= 4 is 39.1 Å². The molecule has 0 aliphatic heterocycles. The van der Waals surface area contributed by atoms with Gasteiger partial charge in [0, 0.05) is 24.0 Å². The van der Waals surface area contributed by atoms with Crippen LogP contribution in [-0.2, 0) is 14.8 Å². The summed E-state index contributed by atoms with van der Waals surface area (Å²) in [6.07, 6.45) is 5.26. The van der Waals surface area contributed by atoms with Gasteiger partial charge in [-0.1, -0.05) is 43.0 Å². The molecular weight excluding hydrogens is 438 g/mol. The second-order valence-corrected chi connectivity index (χ2v) is 9.71. The first kappa shape index (κ1) is 23.2. The number of carbonyl (C=O) groups is 2. The van der Waals surface area contributed by atoms with E-state index in [0.29, 0.717) is 16.3 Å². The van der Waals surface area contributed by atoms with Crippen molar-refractivity contribution in [3.8, 4) is 0 Å². The highest BCUT2D eigenvalue weighted by molar-refractivity contribution is 7.89. The van der Waals surface area contributed by atoms with E-state index in [1.54, 1.807) is 24.3 Å². The number of benzene rings is 2. The molecule has 9 heteroatoms. The number of nitrogens with one attached hydrogen (secondary N) is 3. The zero-order chi connectivity index (χ0) is 22.3. The number of carbonyl (C=O) groups excluding carboxylic acids is 2. The van der Waals surface area contributed by atoms with E-state index in [-0.39, 0.29) is 29.8 Å². The molecule has 1 fully saturated rings. The Morgan fingerprint density at radius 3 is 2.35 bits per heavy atom. The summed E-state index contributed by atoms with van der Waals surface area (Å²) < 4.78 is 26.9. The fraction of sp³-hybridized carbons (Fsp3) is 0.364. The third kappa shape index (κ3) is 6.78. The molecule has 2 aromatic rings. The molecule has 7 nitrogen and oxygen atoms in total. The highest BCUT2D eigenvalue weighted by Gasteiger charge is 2.19. The molecule has 0 spiro atoms. The molecular formula is C22H26ClN3O4S. The van der Waals surface area contributed by atoms with E-state index < -0.39 is 15.9 Å². The van der Waals surface area contributed by atoms with Crippen LogP contribution in [0.5, 0.6) is 0 Å². The van der Waals surface area contributed by atoms with Crippen molar-refractivity contribution in [2.45, 2.75) is 49.5 Å². The quantitative estimate of drug-likeness (QED) is 0.555. The molecule has 2 aromatic carbocycles. The summed E-state index contributed by atoms with van der Waals surface area (Å²) in [5.74, 6) is -0.608. The Morgan fingerprint density at radius 1 is 0.968 bits per heavy atom. The Hall–Kier alpha value is -2.42. The van der Waals surface area contributed by atoms with Crippen molar-refractivity contribution in [1.29, 1.82) is 0 Å². The van der Waals surface area contributed by atoms with Crippen molar-refractivity contribution in [2.75, 3.05) is 11.9 Å². The molecule has 0 saturated heterocycles. The third-order valence-corrected chi connectivity index (χ3v) is 6.88. The molecule has 3 N–H and O–H groups in total. The largest absolute Gasteiger partial charge is 0.349 e. The van der Waals surface area contributed by atoms with Gasteiger partial charge in [-0.3, -0.25) is 9.59 Å². The highest BCUT2D eigenvalue weighted by Crippen LogP contribution is 2.20. The monoisotopic (exact) mass is 463 g/mol. The number of amides is 2. The topological polar surface area (TPSA) is 104 Å². The summed E-state index contributed by atoms with van der Waals surface area (Å²) in [5, 5.41) is 6.19. The zero-order valence-corrected chi connectivity index (χ0v) is 18.6. The minimum atomic E-state index is -3.74. The van der Waals surface area contributed by atoms with Crippen LogP contribution >= 0.6 is 11.6 Å². The van der Waals surface area contributed by atoms with E-state index in [9.17, 15) is 18.0 Å². The Kier molecular flexibility index (Phi) is 8.06. The summed E-state index contributed by atoms with van der Waals surface area (Å²) >= 11 is 5.78. The first-order valence-electron chi connectivity index (χ1n) is 10.3. The van der Waals surface area contributed by atoms with Crippen LogP contribution in [0.4, 0.5) is 5.69 Å². The predicted molar refractivity (Wildman–Crippen MR) is 121 cm³/mol. The van der Waals surface area contributed by atoms with Crippen LogP contribution < -0.4 is 15.4 Å². The molecule has 0 heterocycles. The van der Waals surface area contributed by atoms with Crippen molar-refractivity contribution in [2.24, 2.45) is 0 Å². The maximum absolute atomic E-state index is 12.7. The second-order valence-electron chi connectivity index (χ2n) is 7.50. The molecule has 0 aromatic heterocycles. The highest BCUT2D eigenvalue weighted by atomic mass is 35.5. The molecule has 0 radical (unpaired) electrons. The predicted octanol–water partition coefficient (Wildman–Crippen LogP) is 3.71. The van der Waals surface area contributed by atoms with Gasteiger partial charge in [0.2, 0.25) is 15.9 Å². The average Bonchev–Trinajstić information content (AvgIpc) is 2.75. The lowest BCUT2D eigenvalue weighted by Gasteiger charge is -2.23. The number of para-hydroxylation sites is 1. The fourth-order valence-corrected chi connectivity index (χ4v) is 4.67. The molecule has 1 aliphatic rings. The fourth-order valence-electron chi connectivity index (χ4n) is 3.51. The van der Waals surface area contributed by atoms with Gasteiger partial charge in [-0.2, -0.15) is 0 Å². The summed E-state index contributed by atoms with van der Waals surface area (Å²) in [7, 11) is -3.74. The summed E-state index contributed by atoms with van der Waals surface area (Å²) in [5.41, 5.74) is 0.796. The van der Waals surface area contributed by atoms with Crippen LogP contribution in [0.15, 0.2) is 53.4 Å². The number of anilines is 1. The molecule has 0 unspecified atom stereocenters. The van der Waals surface area contributed by atoms with Gasteiger partial charge in [-0.05, 0) is 49.2 Å². The van der Waals surface area contributed by atoms with Crippen LogP contribution in [0.1, 0.15) is 48.9 Å². The summed E-state index contributed by atoms with van der Waals surface area (Å²) in [4.78, 5) is 25.1. The number of halogens is 1. The zero-order valence-electron chi connectivity index (χ0n) is 17.1. The van der Waals surface area contributed by atoms with E-state index in [1.807, 2.05) is 0 Å². The Morgan fingerprint density at radius 2 is 1.65 bits per heavy atom. The lowest BCUT2D eigenvalue weighted by atomic mass is 9.95. The SMILES string of the molecule is O=C(CCNS(=O)(=O)c1ccc(Cl)cc1)Nc1ccccc1C(=O)NC1CCCCC1. The normalized spacial score (nSPS) is 14.7.